The number of carbonyl (C=O) groups excluding carboxylic acids is 2. The van der Waals surface area contributed by atoms with Crippen LogP contribution < -0.4 is 14.8 Å². The number of fused-ring (bicyclic) bond motifs is 1. The number of thiophene rings is 1. The number of hydrogen-bond donors (Lipinski definition) is 1. The Labute approximate surface area is 208 Å². The lowest BCUT2D eigenvalue weighted by Crippen LogP contribution is -2.47. The fraction of sp³-hybridized carbons (Fsp3) is 0.269. The number of benzene rings is 2. The molecule has 1 aliphatic heterocycles. The number of nitriles is 1. The lowest BCUT2D eigenvalue weighted by atomic mass is 10.2. The fourth-order valence-corrected chi connectivity index (χ4v) is 4.36. The average Bonchev–Trinajstić information content (AvgIpc) is 3.54. The average molecular weight is 491 g/mol. The van der Waals surface area contributed by atoms with Crippen molar-refractivity contribution in [1.29, 1.82) is 5.26 Å². The van der Waals surface area contributed by atoms with Gasteiger partial charge >= 0.3 is 6.03 Å². The molecule has 9 heteroatoms. The van der Waals surface area contributed by atoms with Gasteiger partial charge in [-0.05, 0) is 67.3 Å². The van der Waals surface area contributed by atoms with E-state index in [-0.39, 0.29) is 31.3 Å². The zero-order valence-corrected chi connectivity index (χ0v) is 20.4. The summed E-state index contributed by atoms with van der Waals surface area (Å²) in [6, 6.07) is 17.7. The zero-order valence-electron chi connectivity index (χ0n) is 19.6. The number of rotatable bonds is 8. The molecule has 35 heavy (non-hydrogen) atoms. The van der Waals surface area contributed by atoms with E-state index in [2.05, 4.69) is 11.4 Å². The van der Waals surface area contributed by atoms with Gasteiger partial charge in [-0.1, -0.05) is 12.1 Å². The van der Waals surface area contributed by atoms with Crippen LogP contribution in [0.3, 0.4) is 0 Å². The van der Waals surface area contributed by atoms with E-state index in [0.29, 0.717) is 35.8 Å². The van der Waals surface area contributed by atoms with Gasteiger partial charge in [0, 0.05) is 23.2 Å². The highest BCUT2D eigenvalue weighted by Crippen LogP contribution is 2.33. The monoisotopic (exact) mass is 490 g/mol. The molecule has 1 aliphatic rings. The molecule has 2 heterocycles. The highest BCUT2D eigenvalue weighted by Gasteiger charge is 2.25. The Kier molecular flexibility index (Phi) is 7.53. The second-order valence-corrected chi connectivity index (χ2v) is 9.39. The number of nitrogens with one attached hydrogen (secondary N) is 1. The Balaban J connectivity index is 1.48. The number of nitrogens with zero attached hydrogens (tertiary/aromatic N) is 3. The van der Waals surface area contributed by atoms with E-state index in [1.807, 2.05) is 49.6 Å². The fourth-order valence-electron chi connectivity index (χ4n) is 3.64. The molecular weight excluding hydrogens is 464 g/mol. The molecule has 0 bridgehead atoms. The first-order chi connectivity index (χ1) is 16.9. The highest BCUT2D eigenvalue weighted by molar-refractivity contribution is 7.09. The zero-order chi connectivity index (χ0) is 24.8. The van der Waals surface area contributed by atoms with Crippen LogP contribution in [-0.4, -0.2) is 41.1 Å². The largest absolute Gasteiger partial charge is 0.454 e. The summed E-state index contributed by atoms with van der Waals surface area (Å²) in [5.74, 6) is 1.19. The van der Waals surface area contributed by atoms with E-state index >= 15 is 0 Å². The molecular formula is C26H26N4O4S. The van der Waals surface area contributed by atoms with Crippen LogP contribution in [0.25, 0.3) is 0 Å². The van der Waals surface area contributed by atoms with Crippen molar-refractivity contribution in [3.05, 3.63) is 76.0 Å². The molecule has 0 radical (unpaired) electrons. The third-order valence-corrected chi connectivity index (χ3v) is 6.41. The Bertz CT molecular complexity index is 1220. The third-order valence-electron chi connectivity index (χ3n) is 5.55. The van der Waals surface area contributed by atoms with E-state index in [1.54, 1.807) is 40.5 Å². The lowest BCUT2D eigenvalue weighted by Gasteiger charge is -2.30. The summed E-state index contributed by atoms with van der Waals surface area (Å²) in [5.41, 5.74) is 1.98. The van der Waals surface area contributed by atoms with Crippen LogP contribution in [0.1, 0.15) is 29.9 Å². The van der Waals surface area contributed by atoms with E-state index in [9.17, 15) is 9.59 Å². The number of amides is 3. The standard InChI is InChI=1S/C26H26N4O4S/c1-18(2)30(26(32)28-21-8-5-19(13-27)6-9-21)16-25(31)29(15-22-4-3-11-35-22)14-20-7-10-23-24(12-20)34-17-33-23/h3-12,18H,14-17H2,1-2H3,(H,28,32). The molecule has 0 saturated heterocycles. The van der Waals surface area contributed by atoms with Gasteiger partial charge in [0.25, 0.3) is 0 Å². The van der Waals surface area contributed by atoms with Gasteiger partial charge in [0.1, 0.15) is 6.54 Å². The maximum atomic E-state index is 13.5. The summed E-state index contributed by atoms with van der Waals surface area (Å²) in [5, 5.41) is 13.8. The van der Waals surface area contributed by atoms with E-state index in [0.717, 1.165) is 10.4 Å². The first-order valence-corrected chi connectivity index (χ1v) is 12.1. The van der Waals surface area contributed by atoms with Crippen molar-refractivity contribution in [3.8, 4) is 17.6 Å². The number of hydrogen-bond acceptors (Lipinski definition) is 6. The third kappa shape index (κ3) is 6.11. The molecule has 0 aliphatic carbocycles. The van der Waals surface area contributed by atoms with Crippen LogP contribution >= 0.6 is 11.3 Å². The van der Waals surface area contributed by atoms with Crippen molar-refractivity contribution in [3.63, 3.8) is 0 Å². The van der Waals surface area contributed by atoms with Crippen LogP contribution in [-0.2, 0) is 17.9 Å². The number of anilines is 1. The van der Waals surface area contributed by atoms with Crippen molar-refractivity contribution in [2.24, 2.45) is 0 Å². The Morgan fingerprint density at radius 1 is 1.09 bits per heavy atom. The SMILES string of the molecule is CC(C)N(CC(=O)N(Cc1ccc2c(c1)OCO2)Cc1cccs1)C(=O)Nc1ccc(C#N)cc1. The van der Waals surface area contributed by atoms with Crippen LogP contribution in [0.4, 0.5) is 10.5 Å². The molecule has 180 valence electrons. The van der Waals surface area contributed by atoms with Crippen LogP contribution in [0.5, 0.6) is 11.5 Å². The number of ether oxygens (including phenoxy) is 2. The van der Waals surface area contributed by atoms with Crippen molar-refractivity contribution < 1.29 is 19.1 Å². The second kappa shape index (κ2) is 10.9. The van der Waals surface area contributed by atoms with Crippen LogP contribution in [0.2, 0.25) is 0 Å². The minimum Gasteiger partial charge on any atom is -0.454 e. The molecule has 0 saturated carbocycles. The Morgan fingerprint density at radius 2 is 1.86 bits per heavy atom. The normalized spacial score (nSPS) is 11.7. The summed E-state index contributed by atoms with van der Waals surface area (Å²) >= 11 is 1.58. The molecule has 2 aromatic carbocycles. The van der Waals surface area contributed by atoms with Crippen molar-refractivity contribution in [2.75, 3.05) is 18.7 Å². The molecule has 0 unspecified atom stereocenters. The smallest absolute Gasteiger partial charge is 0.322 e. The maximum absolute atomic E-state index is 13.5. The number of carbonyl (C=O) groups is 2. The Morgan fingerprint density at radius 3 is 2.54 bits per heavy atom. The van der Waals surface area contributed by atoms with Crippen molar-refractivity contribution in [1.82, 2.24) is 9.80 Å². The predicted molar refractivity (Wildman–Crippen MR) is 133 cm³/mol. The van der Waals surface area contributed by atoms with Crippen LogP contribution in [0, 0.1) is 11.3 Å². The molecule has 4 rings (SSSR count). The van der Waals surface area contributed by atoms with Gasteiger partial charge in [0.2, 0.25) is 12.7 Å². The summed E-state index contributed by atoms with van der Waals surface area (Å²) in [6.07, 6.45) is 0. The first-order valence-electron chi connectivity index (χ1n) is 11.2. The quantitative estimate of drug-likeness (QED) is 0.489. The molecule has 0 atom stereocenters. The van der Waals surface area contributed by atoms with Crippen molar-refractivity contribution >= 4 is 29.0 Å². The van der Waals surface area contributed by atoms with Crippen LogP contribution in [0.15, 0.2) is 60.0 Å². The van der Waals surface area contributed by atoms with E-state index < -0.39 is 0 Å². The lowest BCUT2D eigenvalue weighted by molar-refractivity contribution is -0.133. The predicted octanol–water partition coefficient (Wildman–Crippen LogP) is 4.82. The minimum atomic E-state index is -0.378. The molecule has 3 aromatic rings. The molecule has 0 spiro atoms. The van der Waals surface area contributed by atoms with E-state index in [1.165, 1.54) is 4.90 Å². The molecule has 3 amide bonds. The van der Waals surface area contributed by atoms with Gasteiger partial charge < -0.3 is 24.6 Å². The summed E-state index contributed by atoms with van der Waals surface area (Å²) in [6.45, 7) is 4.66. The topological polar surface area (TPSA) is 94.9 Å². The summed E-state index contributed by atoms with van der Waals surface area (Å²) < 4.78 is 10.9. The van der Waals surface area contributed by atoms with Gasteiger partial charge in [0.15, 0.2) is 11.5 Å². The van der Waals surface area contributed by atoms with Gasteiger partial charge in [0.05, 0.1) is 18.2 Å². The van der Waals surface area contributed by atoms with Gasteiger partial charge in [-0.15, -0.1) is 11.3 Å². The molecule has 1 aromatic heterocycles. The summed E-state index contributed by atoms with van der Waals surface area (Å²) in [4.78, 5) is 30.8. The maximum Gasteiger partial charge on any atom is 0.322 e. The van der Waals surface area contributed by atoms with Gasteiger partial charge in [-0.2, -0.15) is 5.26 Å². The van der Waals surface area contributed by atoms with E-state index in [4.69, 9.17) is 14.7 Å². The molecule has 0 fully saturated rings. The highest BCUT2D eigenvalue weighted by atomic mass is 32.1. The molecule has 8 nitrogen and oxygen atoms in total. The first kappa shape index (κ1) is 24.1. The Hall–Kier alpha value is -4.03. The molecule has 1 N–H and O–H groups in total. The number of urea groups is 1. The van der Waals surface area contributed by atoms with Gasteiger partial charge in [-0.3, -0.25) is 4.79 Å². The van der Waals surface area contributed by atoms with Gasteiger partial charge in [-0.25, -0.2) is 4.79 Å². The minimum absolute atomic E-state index is 0.0737. The second-order valence-electron chi connectivity index (χ2n) is 8.36. The van der Waals surface area contributed by atoms with Crippen molar-refractivity contribution in [2.45, 2.75) is 33.0 Å². The summed E-state index contributed by atoms with van der Waals surface area (Å²) in [7, 11) is 0.